The highest BCUT2D eigenvalue weighted by Crippen LogP contribution is 2.34. The predicted molar refractivity (Wildman–Crippen MR) is 300 cm³/mol. The number of likely N-dealkylation sites (N-methyl/N-ethyl adjacent to an activating group) is 1. The Kier molecular flexibility index (Phi) is 21.1. The second-order valence-electron chi connectivity index (χ2n) is 17.6. The zero-order valence-electron chi connectivity index (χ0n) is 43.7. The van der Waals surface area contributed by atoms with Crippen molar-refractivity contribution in [3.63, 3.8) is 0 Å². The lowest BCUT2D eigenvalue weighted by Crippen LogP contribution is -2.27. The van der Waals surface area contributed by atoms with Crippen LogP contribution in [-0.2, 0) is 38.7 Å². The lowest BCUT2D eigenvalue weighted by atomic mass is 10.1. The summed E-state index contributed by atoms with van der Waals surface area (Å²) in [4.78, 5) is 2.77. The minimum absolute atomic E-state index is 0. The highest BCUT2D eigenvalue weighted by Gasteiger charge is 2.27. The monoisotopic (exact) mass is 1090 g/mol. The molecule has 16 nitrogen and oxygen atoms in total. The van der Waals surface area contributed by atoms with Gasteiger partial charge in [0, 0.05) is 41.3 Å². The van der Waals surface area contributed by atoms with E-state index in [0.29, 0.717) is 50.7 Å². The van der Waals surface area contributed by atoms with E-state index in [1.807, 2.05) is 61.5 Å². The number of aryl methyl sites for hydroxylation is 1. The second kappa shape index (κ2) is 27.4. The van der Waals surface area contributed by atoms with Gasteiger partial charge in [-0.15, -0.1) is 0 Å². The molecule has 1 aliphatic heterocycles. The van der Waals surface area contributed by atoms with Crippen molar-refractivity contribution in [1.82, 2.24) is 31.4 Å². The smallest absolute Gasteiger partial charge is 0.297 e. The molecule has 5 N–H and O–H groups in total. The van der Waals surface area contributed by atoms with Gasteiger partial charge in [0.1, 0.15) is 31.3 Å². The van der Waals surface area contributed by atoms with E-state index in [4.69, 9.17) is 18.4 Å². The number of aromatic amines is 2. The molecule has 1 aliphatic rings. The second-order valence-corrected chi connectivity index (χ2v) is 22.9. The van der Waals surface area contributed by atoms with E-state index < -0.39 is 29.8 Å². The number of hydrogen-bond donors (Lipinski definition) is 3. The fourth-order valence-corrected chi connectivity index (χ4v) is 12.1. The van der Waals surface area contributed by atoms with Crippen LogP contribution in [0.15, 0.2) is 170 Å². The quantitative estimate of drug-likeness (QED) is 0.0568. The third-order valence-electron chi connectivity index (χ3n) is 12.4. The summed E-state index contributed by atoms with van der Waals surface area (Å²) in [6.45, 7) is 15.5. The van der Waals surface area contributed by atoms with Crippen molar-refractivity contribution in [2.75, 3.05) is 52.7 Å². The predicted octanol–water partition coefficient (Wildman–Crippen LogP) is 11.7. The SMILES string of the molecule is C1CCOC1.CCCC.CCN(CC)CCOc1ccc2n[nH]c(S(=O)(=O)c3cccc4ccccc34)c2c1.Cc1ccc(S(=O)(=O)OCCOc2ccc3n[nH]c(S(=O)(=O)c4cccc5ccccc45)c3c2)cc1.N. The molecule has 7 aromatic carbocycles. The molecule has 3 heterocycles. The molecule has 0 saturated carbocycles. The van der Waals surface area contributed by atoms with Gasteiger partial charge < -0.3 is 25.3 Å². The highest BCUT2D eigenvalue weighted by atomic mass is 32.2. The van der Waals surface area contributed by atoms with Gasteiger partial charge in [-0.25, -0.2) is 16.8 Å². The van der Waals surface area contributed by atoms with Gasteiger partial charge in [-0.3, -0.25) is 14.4 Å². The van der Waals surface area contributed by atoms with Gasteiger partial charge in [0.2, 0.25) is 19.7 Å². The molecule has 19 heteroatoms. The van der Waals surface area contributed by atoms with Crippen LogP contribution in [0, 0.1) is 6.92 Å². The Balaban J connectivity index is 0.000000212. The molecule has 1 saturated heterocycles. The van der Waals surface area contributed by atoms with E-state index >= 15 is 0 Å². The number of hydrogen-bond acceptors (Lipinski definition) is 14. The molecule has 0 unspecified atom stereocenters. The number of rotatable bonds is 17. The molecule has 0 atom stereocenters. The summed E-state index contributed by atoms with van der Waals surface area (Å²) in [5, 5.41) is 17.7. The average Bonchev–Trinajstić information content (AvgIpc) is 4.25. The highest BCUT2D eigenvalue weighted by molar-refractivity contribution is 7.92. The summed E-state index contributed by atoms with van der Waals surface area (Å²) >= 11 is 0. The number of nitrogens with one attached hydrogen (secondary N) is 2. The van der Waals surface area contributed by atoms with E-state index in [1.54, 1.807) is 78.9 Å². The molecule has 0 amide bonds. The molecule has 0 aliphatic carbocycles. The van der Waals surface area contributed by atoms with Crippen LogP contribution < -0.4 is 15.6 Å². The Bertz CT molecular complexity index is 3630. The maximum Gasteiger partial charge on any atom is 0.297 e. The van der Waals surface area contributed by atoms with Gasteiger partial charge in [-0.2, -0.15) is 18.6 Å². The van der Waals surface area contributed by atoms with Gasteiger partial charge in [0.15, 0.2) is 10.1 Å². The number of benzene rings is 7. The molecule has 0 radical (unpaired) electrons. The molecule has 9 aromatic rings. The maximum atomic E-state index is 13.6. The van der Waals surface area contributed by atoms with E-state index in [0.717, 1.165) is 49.2 Å². The van der Waals surface area contributed by atoms with Gasteiger partial charge in [-0.1, -0.05) is 131 Å². The van der Waals surface area contributed by atoms with E-state index in [2.05, 4.69) is 53.0 Å². The zero-order chi connectivity index (χ0) is 53.4. The average molecular weight is 1090 g/mol. The van der Waals surface area contributed by atoms with Crippen LogP contribution in [0.25, 0.3) is 43.4 Å². The molecule has 1 fully saturated rings. The third kappa shape index (κ3) is 14.4. The topological polar surface area (TPSA) is 235 Å². The summed E-state index contributed by atoms with van der Waals surface area (Å²) in [5.41, 5.74) is 1.98. The van der Waals surface area contributed by atoms with Crippen LogP contribution in [-0.4, -0.2) is 103 Å². The van der Waals surface area contributed by atoms with Crippen LogP contribution in [0.4, 0.5) is 0 Å². The number of fused-ring (bicyclic) bond motifs is 4. The first kappa shape index (κ1) is 58.5. The van der Waals surface area contributed by atoms with Crippen LogP contribution in [0.1, 0.15) is 58.9 Å². The number of sulfone groups is 2. The summed E-state index contributed by atoms with van der Waals surface area (Å²) in [6, 6.07) is 41.7. The molecule has 0 bridgehead atoms. The van der Waals surface area contributed by atoms with Crippen LogP contribution >= 0.6 is 0 Å². The standard InChI is InChI=1S/C26H22N2O6S2.C23H25N3O3S.C4H8O.C4H10.H3N/c1-18-9-12-21(13-10-18)36(31,32)34-16-15-33-20-11-14-24-23(17-20)26(28-27-24)35(29,30)25-8-4-6-19-5-2-3-7-22(19)25;1-3-26(4-2)14-15-29-18-12-13-21-20(16-18)23(25-24-21)30(27,28)22-11-7-9-17-8-5-6-10-19(17)22;1-2-4-5-3-1;1-3-4-2;/h2-14,17H,15-16H2,1H3,(H,27,28);5-13,16H,3-4,14-15H2,1-2H3,(H,24,25);1-4H2;3-4H2,1-2H3;1H3. The molecular weight excluding hydrogens is 1020 g/mol. The fraction of sp³-hybridized carbons (Fsp3) is 0.298. The van der Waals surface area contributed by atoms with Crippen LogP contribution in [0.2, 0.25) is 0 Å². The number of H-pyrrole nitrogens is 2. The molecule has 404 valence electrons. The van der Waals surface area contributed by atoms with Gasteiger partial charge in [-0.05, 0) is 104 Å². The molecule has 76 heavy (non-hydrogen) atoms. The van der Waals surface area contributed by atoms with E-state index in [9.17, 15) is 25.3 Å². The Morgan fingerprint density at radius 1 is 0.539 bits per heavy atom. The summed E-state index contributed by atoms with van der Waals surface area (Å²) < 4.78 is 100. The van der Waals surface area contributed by atoms with Crippen molar-refractivity contribution in [3.8, 4) is 11.5 Å². The molecule has 2 aromatic heterocycles. The van der Waals surface area contributed by atoms with Crippen molar-refractivity contribution in [1.29, 1.82) is 0 Å². The van der Waals surface area contributed by atoms with E-state index in [1.165, 1.54) is 37.8 Å². The van der Waals surface area contributed by atoms with Gasteiger partial charge in [0.25, 0.3) is 10.1 Å². The molecule has 10 rings (SSSR count). The van der Waals surface area contributed by atoms with Crippen molar-refractivity contribution in [2.45, 2.75) is 85.0 Å². The first-order valence-electron chi connectivity index (χ1n) is 25.2. The Labute approximate surface area is 446 Å². The maximum absolute atomic E-state index is 13.6. The lowest BCUT2D eigenvalue weighted by molar-refractivity contribution is 0.198. The number of ether oxygens (including phenoxy) is 3. The lowest BCUT2D eigenvalue weighted by Gasteiger charge is -2.18. The Hall–Kier alpha value is -6.71. The molecule has 0 spiro atoms. The number of unbranched alkanes of at least 4 members (excludes halogenated alkanes) is 1. The first-order chi connectivity index (χ1) is 36.2. The fourth-order valence-electron chi connectivity index (χ4n) is 8.02. The first-order valence-corrected chi connectivity index (χ1v) is 29.5. The molecular formula is C57H68N6O10S3. The Morgan fingerprint density at radius 3 is 1.45 bits per heavy atom. The normalized spacial score (nSPS) is 12.6. The van der Waals surface area contributed by atoms with Crippen molar-refractivity contribution >= 4 is 73.1 Å². The van der Waals surface area contributed by atoms with Crippen molar-refractivity contribution in [2.24, 2.45) is 0 Å². The van der Waals surface area contributed by atoms with Crippen molar-refractivity contribution < 1.29 is 43.6 Å². The third-order valence-corrected chi connectivity index (χ3v) is 17.3. The van der Waals surface area contributed by atoms with Crippen LogP contribution in [0.3, 0.4) is 0 Å². The largest absolute Gasteiger partial charge is 0.492 e. The zero-order valence-corrected chi connectivity index (χ0v) is 46.1. The summed E-state index contributed by atoms with van der Waals surface area (Å²) in [6.07, 6.45) is 5.19. The summed E-state index contributed by atoms with van der Waals surface area (Å²) in [7, 11) is -11.6. The van der Waals surface area contributed by atoms with Crippen LogP contribution in [0.5, 0.6) is 11.5 Å². The number of aromatic nitrogens is 4. The van der Waals surface area contributed by atoms with Crippen molar-refractivity contribution in [3.05, 3.63) is 151 Å². The minimum Gasteiger partial charge on any atom is -0.492 e. The van der Waals surface area contributed by atoms with Gasteiger partial charge >= 0.3 is 0 Å². The minimum atomic E-state index is -3.92. The van der Waals surface area contributed by atoms with E-state index in [-0.39, 0.29) is 44.1 Å². The summed E-state index contributed by atoms with van der Waals surface area (Å²) in [5.74, 6) is 0.986. The Morgan fingerprint density at radius 2 is 1.00 bits per heavy atom. The number of nitrogens with zero attached hydrogens (tertiary/aromatic N) is 3. The van der Waals surface area contributed by atoms with Gasteiger partial charge in [0.05, 0.1) is 25.7 Å².